The lowest BCUT2D eigenvalue weighted by atomic mass is 10.1. The van der Waals surface area contributed by atoms with E-state index in [2.05, 4.69) is 34.5 Å². The maximum absolute atomic E-state index is 13.2. The number of fused-ring (bicyclic) bond motifs is 1. The van der Waals surface area contributed by atoms with Crippen LogP contribution in [0.5, 0.6) is 11.5 Å². The molecule has 156 valence electrons. The summed E-state index contributed by atoms with van der Waals surface area (Å²) < 4.78 is 13.2. The molecule has 2 aromatic carbocycles. The number of halogens is 1. The maximum atomic E-state index is 13.2. The first-order valence-corrected chi connectivity index (χ1v) is 10.5. The minimum atomic E-state index is -0.203. The molecule has 0 unspecified atom stereocenters. The van der Waals surface area contributed by atoms with Gasteiger partial charge >= 0.3 is 0 Å². The van der Waals surface area contributed by atoms with Crippen molar-refractivity contribution in [3.63, 3.8) is 0 Å². The first kappa shape index (κ1) is 21.8. The highest BCUT2D eigenvalue weighted by Gasteiger charge is 2.15. The van der Waals surface area contributed by atoms with Crippen LogP contribution < -0.4 is 15.0 Å². The lowest BCUT2D eigenvalue weighted by Crippen LogP contribution is -2.23. The molecule has 0 fully saturated rings. The number of rotatable bonds is 8. The lowest BCUT2D eigenvalue weighted by Gasteiger charge is -2.14. The molecule has 0 aliphatic heterocycles. The molecule has 0 spiro atoms. The van der Waals surface area contributed by atoms with Crippen LogP contribution in [-0.4, -0.2) is 29.6 Å². The summed E-state index contributed by atoms with van der Waals surface area (Å²) >= 11 is 3.42. The van der Waals surface area contributed by atoms with Crippen molar-refractivity contribution in [1.29, 1.82) is 0 Å². The van der Waals surface area contributed by atoms with Crippen molar-refractivity contribution in [2.75, 3.05) is 13.7 Å². The highest BCUT2D eigenvalue weighted by atomic mass is 79.9. The van der Waals surface area contributed by atoms with Crippen molar-refractivity contribution >= 4 is 33.0 Å². The van der Waals surface area contributed by atoms with E-state index in [1.807, 2.05) is 25.1 Å². The van der Waals surface area contributed by atoms with Crippen LogP contribution in [0.3, 0.4) is 0 Å². The summed E-state index contributed by atoms with van der Waals surface area (Å²) in [5, 5.41) is 4.99. The Hall–Kier alpha value is -2.93. The number of hydrogen-bond donors (Lipinski definition) is 0. The second-order valence-corrected chi connectivity index (χ2v) is 7.73. The highest BCUT2D eigenvalue weighted by molar-refractivity contribution is 9.10. The van der Waals surface area contributed by atoms with Crippen LogP contribution in [0, 0.1) is 0 Å². The maximum Gasteiger partial charge on any atom is 0.282 e. The average molecular weight is 470 g/mol. The number of nitrogens with zero attached hydrogens (tertiary/aromatic N) is 3. The van der Waals surface area contributed by atoms with Gasteiger partial charge < -0.3 is 9.47 Å². The second-order valence-electron chi connectivity index (χ2n) is 6.81. The fourth-order valence-electron chi connectivity index (χ4n) is 2.94. The van der Waals surface area contributed by atoms with Gasteiger partial charge in [0.2, 0.25) is 0 Å². The van der Waals surface area contributed by atoms with Crippen molar-refractivity contribution in [1.82, 2.24) is 9.66 Å². The molecule has 0 N–H and O–H groups in total. The molecule has 0 saturated heterocycles. The molecule has 1 heterocycles. The van der Waals surface area contributed by atoms with E-state index in [-0.39, 0.29) is 11.5 Å². The molecule has 0 saturated carbocycles. The Labute approximate surface area is 184 Å². The van der Waals surface area contributed by atoms with E-state index in [4.69, 9.17) is 14.5 Å². The summed E-state index contributed by atoms with van der Waals surface area (Å²) in [6.45, 7) is 8.13. The van der Waals surface area contributed by atoms with E-state index < -0.39 is 0 Å². The van der Waals surface area contributed by atoms with Crippen molar-refractivity contribution in [3.05, 3.63) is 75.3 Å². The normalized spacial score (nSPS) is 12.3. The third kappa shape index (κ3) is 4.62. The Morgan fingerprint density at radius 2 is 2.07 bits per heavy atom. The van der Waals surface area contributed by atoms with Gasteiger partial charge in [-0.2, -0.15) is 9.78 Å². The van der Waals surface area contributed by atoms with Gasteiger partial charge in [0.1, 0.15) is 12.4 Å². The van der Waals surface area contributed by atoms with Crippen molar-refractivity contribution in [3.8, 4) is 11.5 Å². The number of methoxy groups -OCH3 is 1. The molecule has 1 aromatic heterocycles. The zero-order valence-corrected chi connectivity index (χ0v) is 18.8. The number of aromatic nitrogens is 2. The number of benzene rings is 2. The molecular weight excluding hydrogens is 446 g/mol. The van der Waals surface area contributed by atoms with Crippen molar-refractivity contribution in [2.45, 2.75) is 26.2 Å². The average Bonchev–Trinajstić information content (AvgIpc) is 2.76. The van der Waals surface area contributed by atoms with E-state index in [0.29, 0.717) is 34.8 Å². The molecule has 0 radical (unpaired) electrons. The van der Waals surface area contributed by atoms with Crippen LogP contribution in [0.4, 0.5) is 0 Å². The molecule has 3 aromatic rings. The molecule has 3 rings (SSSR count). The van der Waals surface area contributed by atoms with Crippen LogP contribution in [-0.2, 0) is 0 Å². The number of ether oxygens (including phenoxy) is 2. The summed E-state index contributed by atoms with van der Waals surface area (Å²) in [6.07, 6.45) is 4.13. The Bertz CT molecular complexity index is 1150. The van der Waals surface area contributed by atoms with Gasteiger partial charge in [-0.05, 0) is 48.4 Å². The van der Waals surface area contributed by atoms with Gasteiger partial charge in [-0.3, -0.25) is 4.79 Å². The first-order valence-electron chi connectivity index (χ1n) is 9.66. The zero-order valence-electron chi connectivity index (χ0n) is 17.3. The Morgan fingerprint density at radius 1 is 1.27 bits per heavy atom. The monoisotopic (exact) mass is 469 g/mol. The molecule has 30 heavy (non-hydrogen) atoms. The van der Waals surface area contributed by atoms with Gasteiger partial charge in [0.25, 0.3) is 5.56 Å². The summed E-state index contributed by atoms with van der Waals surface area (Å²) in [7, 11) is 1.58. The molecule has 0 bridgehead atoms. The van der Waals surface area contributed by atoms with Crippen LogP contribution >= 0.6 is 15.9 Å². The fourth-order valence-corrected chi connectivity index (χ4v) is 3.30. The summed E-state index contributed by atoms with van der Waals surface area (Å²) in [6, 6.07) is 11.0. The quantitative estimate of drug-likeness (QED) is 0.338. The molecule has 7 heteroatoms. The topological polar surface area (TPSA) is 65.7 Å². The van der Waals surface area contributed by atoms with Gasteiger partial charge in [0.05, 0.1) is 24.2 Å². The summed E-state index contributed by atoms with van der Waals surface area (Å²) in [4.78, 5) is 17.9. The highest BCUT2D eigenvalue weighted by Crippen LogP contribution is 2.27. The number of hydrogen-bond acceptors (Lipinski definition) is 5. The summed E-state index contributed by atoms with van der Waals surface area (Å²) in [5.74, 6) is 1.90. The van der Waals surface area contributed by atoms with Gasteiger partial charge in [-0.15, -0.1) is 0 Å². The fraction of sp³-hybridized carbons (Fsp3) is 0.261. The SMILES string of the molecule is C=CCOc1ccc(C=Nn2c([C@@H](C)CC)nc3ccc(Br)cc3c2=O)cc1OC. The van der Waals surface area contributed by atoms with Crippen molar-refractivity contribution in [2.24, 2.45) is 5.10 Å². The van der Waals surface area contributed by atoms with E-state index >= 15 is 0 Å². The zero-order chi connectivity index (χ0) is 21.7. The molecule has 0 aliphatic carbocycles. The first-order chi connectivity index (χ1) is 14.5. The predicted octanol–water partition coefficient (Wildman–Crippen LogP) is 5.13. The van der Waals surface area contributed by atoms with Gasteiger partial charge in [0, 0.05) is 10.4 Å². The minimum absolute atomic E-state index is 0.0760. The molecule has 0 aliphatic rings. The smallest absolute Gasteiger partial charge is 0.282 e. The molecule has 0 amide bonds. The molecule has 1 atom stereocenters. The predicted molar refractivity (Wildman–Crippen MR) is 124 cm³/mol. The Balaban J connectivity index is 2.07. The van der Waals surface area contributed by atoms with Crippen LogP contribution in [0.25, 0.3) is 10.9 Å². The van der Waals surface area contributed by atoms with E-state index in [9.17, 15) is 4.79 Å². The Morgan fingerprint density at radius 3 is 2.77 bits per heavy atom. The van der Waals surface area contributed by atoms with Crippen LogP contribution in [0.15, 0.2) is 63.4 Å². The lowest BCUT2D eigenvalue weighted by molar-refractivity contribution is 0.326. The third-order valence-corrected chi connectivity index (χ3v) is 5.25. The van der Waals surface area contributed by atoms with E-state index in [0.717, 1.165) is 16.5 Å². The van der Waals surface area contributed by atoms with Crippen LogP contribution in [0.1, 0.15) is 37.6 Å². The summed E-state index contributed by atoms with van der Waals surface area (Å²) in [5.41, 5.74) is 1.23. The van der Waals surface area contributed by atoms with Crippen LogP contribution in [0.2, 0.25) is 0 Å². The molecular formula is C23H24BrN3O3. The van der Waals surface area contributed by atoms with E-state index in [1.165, 1.54) is 4.68 Å². The standard InChI is InChI=1S/C23H24BrN3O3/c1-5-11-30-20-10-7-16(12-21(20)29-4)14-25-27-22(15(3)6-2)26-19-9-8-17(24)13-18(19)23(27)28/h5,7-10,12-15H,1,6,11H2,2-4H3/t15-/m0/s1. The van der Waals surface area contributed by atoms with Gasteiger partial charge in [0.15, 0.2) is 11.5 Å². The van der Waals surface area contributed by atoms with Gasteiger partial charge in [-0.25, -0.2) is 4.98 Å². The van der Waals surface area contributed by atoms with E-state index in [1.54, 1.807) is 37.6 Å². The largest absolute Gasteiger partial charge is 0.493 e. The van der Waals surface area contributed by atoms with Crippen molar-refractivity contribution < 1.29 is 9.47 Å². The second kappa shape index (κ2) is 9.71. The molecule has 6 nitrogen and oxygen atoms in total. The van der Waals surface area contributed by atoms with Gasteiger partial charge in [-0.1, -0.05) is 42.4 Å². The third-order valence-electron chi connectivity index (χ3n) is 4.75. The Kier molecular flexibility index (Phi) is 7.05. The minimum Gasteiger partial charge on any atom is -0.493 e.